The first-order valence-corrected chi connectivity index (χ1v) is 4.31. The minimum Gasteiger partial charge on any atom is -0.467 e. The van der Waals surface area contributed by atoms with Crippen molar-refractivity contribution in [2.75, 3.05) is 13.7 Å². The van der Waals surface area contributed by atoms with Crippen molar-refractivity contribution >= 4 is 11.9 Å². The zero-order valence-electron chi connectivity index (χ0n) is 8.32. The monoisotopic (exact) mass is 204 g/mol. The van der Waals surface area contributed by atoms with E-state index >= 15 is 0 Å². The average molecular weight is 204 g/mol. The molecule has 6 nitrogen and oxygen atoms in total. The van der Waals surface area contributed by atoms with Gasteiger partial charge in [0, 0.05) is 0 Å². The number of aliphatic hydroxyl groups is 1. The quantitative estimate of drug-likeness (QED) is 0.467. The molecule has 0 heterocycles. The van der Waals surface area contributed by atoms with Crippen LogP contribution in [0, 0.1) is 0 Å². The molecule has 14 heavy (non-hydrogen) atoms. The van der Waals surface area contributed by atoms with Gasteiger partial charge in [0.2, 0.25) is 5.91 Å². The first kappa shape index (κ1) is 12.9. The number of nitrogens with one attached hydrogen (secondary N) is 1. The molecule has 0 aliphatic heterocycles. The van der Waals surface area contributed by atoms with E-state index in [0.29, 0.717) is 6.42 Å². The van der Waals surface area contributed by atoms with Crippen molar-refractivity contribution in [3.63, 3.8) is 0 Å². The van der Waals surface area contributed by atoms with Crippen LogP contribution in [0.25, 0.3) is 0 Å². The maximum absolute atomic E-state index is 11.2. The van der Waals surface area contributed by atoms with Gasteiger partial charge in [0.25, 0.3) is 0 Å². The zero-order chi connectivity index (χ0) is 11.1. The number of hydrogen-bond acceptors (Lipinski definition) is 5. The van der Waals surface area contributed by atoms with E-state index in [2.05, 4.69) is 10.1 Å². The maximum atomic E-state index is 11.2. The van der Waals surface area contributed by atoms with Crippen LogP contribution < -0.4 is 11.1 Å². The van der Waals surface area contributed by atoms with Gasteiger partial charge in [-0.1, -0.05) is 6.92 Å². The third-order valence-electron chi connectivity index (χ3n) is 1.74. The summed E-state index contributed by atoms with van der Waals surface area (Å²) in [7, 11) is 1.24. The summed E-state index contributed by atoms with van der Waals surface area (Å²) in [4.78, 5) is 22.2. The second kappa shape index (κ2) is 6.33. The number of esters is 1. The molecule has 0 bridgehead atoms. The fourth-order valence-corrected chi connectivity index (χ4v) is 0.832. The van der Waals surface area contributed by atoms with Gasteiger partial charge < -0.3 is 20.9 Å². The lowest BCUT2D eigenvalue weighted by Crippen LogP contribution is -2.49. The molecule has 2 unspecified atom stereocenters. The molecule has 1 amide bonds. The van der Waals surface area contributed by atoms with Crippen molar-refractivity contribution in [2.45, 2.75) is 25.4 Å². The molecule has 0 radical (unpaired) electrons. The number of carbonyl (C=O) groups excluding carboxylic acids is 2. The molecule has 0 aromatic heterocycles. The van der Waals surface area contributed by atoms with Crippen molar-refractivity contribution in [2.24, 2.45) is 5.73 Å². The summed E-state index contributed by atoms with van der Waals surface area (Å²) in [5.41, 5.74) is 5.25. The summed E-state index contributed by atoms with van der Waals surface area (Å²) < 4.78 is 4.46. The molecule has 0 aliphatic rings. The van der Waals surface area contributed by atoms with Gasteiger partial charge >= 0.3 is 5.97 Å². The van der Waals surface area contributed by atoms with Crippen LogP contribution in [0.3, 0.4) is 0 Å². The number of carbonyl (C=O) groups is 2. The van der Waals surface area contributed by atoms with Gasteiger partial charge in [-0.15, -0.1) is 0 Å². The van der Waals surface area contributed by atoms with Gasteiger partial charge in [-0.25, -0.2) is 4.79 Å². The summed E-state index contributed by atoms with van der Waals surface area (Å²) in [6, 6.07) is -1.71. The van der Waals surface area contributed by atoms with Crippen molar-refractivity contribution < 1.29 is 19.4 Å². The number of nitrogens with two attached hydrogens (primary N) is 1. The Labute approximate surface area is 82.4 Å². The maximum Gasteiger partial charge on any atom is 0.328 e. The highest BCUT2D eigenvalue weighted by Crippen LogP contribution is 1.94. The summed E-state index contributed by atoms with van der Waals surface area (Å²) in [5, 5.41) is 11.0. The topological polar surface area (TPSA) is 102 Å². The molecular formula is C8H16N2O4. The van der Waals surface area contributed by atoms with E-state index in [4.69, 9.17) is 10.8 Å². The zero-order valence-corrected chi connectivity index (χ0v) is 8.32. The van der Waals surface area contributed by atoms with Crippen molar-refractivity contribution in [3.05, 3.63) is 0 Å². The lowest BCUT2D eigenvalue weighted by atomic mass is 10.2. The largest absolute Gasteiger partial charge is 0.467 e. The third-order valence-corrected chi connectivity index (χ3v) is 1.74. The molecule has 82 valence electrons. The van der Waals surface area contributed by atoms with Crippen LogP contribution in [0.4, 0.5) is 0 Å². The molecule has 0 aromatic rings. The summed E-state index contributed by atoms with van der Waals surface area (Å²) >= 11 is 0. The van der Waals surface area contributed by atoms with E-state index < -0.39 is 30.6 Å². The van der Waals surface area contributed by atoms with Gasteiger partial charge in [-0.05, 0) is 6.42 Å². The van der Waals surface area contributed by atoms with Crippen LogP contribution >= 0.6 is 0 Å². The molecule has 0 rings (SSSR count). The minimum atomic E-state index is -1.01. The highest BCUT2D eigenvalue weighted by Gasteiger charge is 2.21. The smallest absolute Gasteiger partial charge is 0.328 e. The highest BCUT2D eigenvalue weighted by atomic mass is 16.5. The first-order valence-electron chi connectivity index (χ1n) is 4.31. The molecule has 2 atom stereocenters. The SMILES string of the molecule is CCC(NC(=O)C(N)CO)C(=O)OC. The lowest BCUT2D eigenvalue weighted by Gasteiger charge is -2.16. The molecule has 4 N–H and O–H groups in total. The summed E-state index contributed by atoms with van der Waals surface area (Å²) in [6.07, 6.45) is 0.413. The molecular weight excluding hydrogens is 188 g/mol. The van der Waals surface area contributed by atoms with Crippen LogP contribution in [0.2, 0.25) is 0 Å². The number of amides is 1. The minimum absolute atomic E-state index is 0.413. The molecule has 0 saturated carbocycles. The number of aliphatic hydroxyl groups excluding tert-OH is 1. The summed E-state index contributed by atoms with van der Waals surface area (Å²) in [5.74, 6) is -1.09. The van der Waals surface area contributed by atoms with Crippen molar-refractivity contribution in [3.8, 4) is 0 Å². The molecule has 0 aromatic carbocycles. The second-order valence-electron chi connectivity index (χ2n) is 2.78. The van der Waals surface area contributed by atoms with Crippen molar-refractivity contribution in [1.82, 2.24) is 5.32 Å². The summed E-state index contributed by atoms with van der Waals surface area (Å²) in [6.45, 7) is 1.27. The van der Waals surface area contributed by atoms with Crippen LogP contribution in [-0.2, 0) is 14.3 Å². The van der Waals surface area contributed by atoms with Crippen LogP contribution in [-0.4, -0.2) is 42.8 Å². The van der Waals surface area contributed by atoms with E-state index in [1.54, 1.807) is 6.92 Å². The fraction of sp³-hybridized carbons (Fsp3) is 0.750. The molecule has 0 saturated heterocycles. The van der Waals surface area contributed by atoms with Gasteiger partial charge in [0.05, 0.1) is 13.7 Å². The average Bonchev–Trinajstić information content (AvgIpc) is 2.22. The Bertz CT molecular complexity index is 208. The molecule has 0 fully saturated rings. The van der Waals surface area contributed by atoms with Gasteiger partial charge in [0.15, 0.2) is 0 Å². The van der Waals surface area contributed by atoms with Crippen LogP contribution in [0.5, 0.6) is 0 Å². The highest BCUT2D eigenvalue weighted by molar-refractivity contribution is 5.87. The number of methoxy groups -OCH3 is 1. The number of hydrogen-bond donors (Lipinski definition) is 3. The van der Waals surface area contributed by atoms with E-state index in [1.165, 1.54) is 7.11 Å². The second-order valence-corrected chi connectivity index (χ2v) is 2.78. The Balaban J connectivity index is 4.18. The van der Waals surface area contributed by atoms with E-state index in [1.807, 2.05) is 0 Å². The first-order chi connectivity index (χ1) is 6.56. The van der Waals surface area contributed by atoms with Gasteiger partial charge in [-0.3, -0.25) is 4.79 Å². The Morgan fingerprint density at radius 3 is 2.50 bits per heavy atom. The van der Waals surface area contributed by atoms with Crippen LogP contribution in [0.1, 0.15) is 13.3 Å². The van der Waals surface area contributed by atoms with Crippen molar-refractivity contribution in [1.29, 1.82) is 0 Å². The Kier molecular flexibility index (Phi) is 5.82. The van der Waals surface area contributed by atoms with E-state index in [-0.39, 0.29) is 0 Å². The van der Waals surface area contributed by atoms with E-state index in [0.717, 1.165) is 0 Å². The predicted octanol–water partition coefficient (Wildman–Crippen LogP) is -1.63. The van der Waals surface area contributed by atoms with Gasteiger partial charge in [0.1, 0.15) is 12.1 Å². The van der Waals surface area contributed by atoms with E-state index in [9.17, 15) is 9.59 Å². The Hall–Kier alpha value is -1.14. The standard InChI is InChI=1S/C8H16N2O4/c1-3-6(8(13)14-2)10-7(12)5(9)4-11/h5-6,11H,3-4,9H2,1-2H3,(H,10,12). The normalized spacial score (nSPS) is 14.3. The Morgan fingerprint density at radius 2 is 2.14 bits per heavy atom. The fourth-order valence-electron chi connectivity index (χ4n) is 0.832. The van der Waals surface area contributed by atoms with Crippen LogP contribution in [0.15, 0.2) is 0 Å². The lowest BCUT2D eigenvalue weighted by molar-refractivity contribution is -0.145. The Morgan fingerprint density at radius 1 is 1.57 bits per heavy atom. The predicted molar refractivity (Wildman–Crippen MR) is 49.3 cm³/mol. The number of rotatable bonds is 5. The number of ether oxygens (including phenoxy) is 1. The van der Waals surface area contributed by atoms with Gasteiger partial charge in [-0.2, -0.15) is 0 Å². The molecule has 0 spiro atoms. The molecule has 6 heteroatoms. The molecule has 0 aliphatic carbocycles. The third kappa shape index (κ3) is 3.71.